The summed E-state index contributed by atoms with van der Waals surface area (Å²) in [4.78, 5) is 63.9. The van der Waals surface area contributed by atoms with Crippen LogP contribution in [0, 0.1) is 0 Å². The van der Waals surface area contributed by atoms with Gasteiger partial charge in [-0.15, -0.1) is 0 Å². The molecule has 3 atom stereocenters. The molecular formula is C48H86O9. The molecule has 1 rings (SSSR count). The molecule has 1 unspecified atom stereocenters. The van der Waals surface area contributed by atoms with Gasteiger partial charge in [-0.25, -0.2) is 4.79 Å². The lowest BCUT2D eigenvalue weighted by Gasteiger charge is -2.25. The first kappa shape index (κ1) is 52.6. The number of hydrogen-bond acceptors (Lipinski definition) is 9. The first-order valence-electron chi connectivity index (χ1n) is 24.1. The quantitative estimate of drug-likeness (QED) is 0.0257. The van der Waals surface area contributed by atoms with E-state index < -0.39 is 54.6 Å². The lowest BCUT2D eigenvalue weighted by Crippen LogP contribution is -2.45. The molecule has 0 aliphatic carbocycles. The highest BCUT2D eigenvalue weighted by Gasteiger charge is 2.51. The Kier molecular flexibility index (Phi) is 34.9. The fourth-order valence-corrected chi connectivity index (χ4v) is 7.57. The van der Waals surface area contributed by atoms with Crippen LogP contribution in [-0.2, 0) is 42.9 Å². The van der Waals surface area contributed by atoms with Crippen LogP contribution >= 0.6 is 0 Å². The molecule has 0 aromatic heterocycles. The fourth-order valence-electron chi connectivity index (χ4n) is 7.57. The topological polar surface area (TPSA) is 122 Å². The van der Waals surface area contributed by atoms with E-state index in [-0.39, 0.29) is 19.3 Å². The molecule has 1 fully saturated rings. The van der Waals surface area contributed by atoms with Gasteiger partial charge in [-0.05, 0) is 19.3 Å². The Labute approximate surface area is 348 Å². The minimum atomic E-state index is -1.55. The van der Waals surface area contributed by atoms with Gasteiger partial charge in [-0.3, -0.25) is 19.2 Å². The second-order valence-electron chi connectivity index (χ2n) is 16.7. The van der Waals surface area contributed by atoms with Crippen molar-refractivity contribution in [2.45, 2.75) is 270 Å². The molecule has 0 amide bonds. The lowest BCUT2D eigenvalue weighted by atomic mass is 10.0. The summed E-state index contributed by atoms with van der Waals surface area (Å²) in [5.41, 5.74) is 0. The van der Waals surface area contributed by atoms with Crippen molar-refractivity contribution in [1.82, 2.24) is 0 Å². The maximum Gasteiger partial charge on any atom is 0.379 e. The number of carbonyl (C=O) groups excluding carboxylic acids is 5. The number of unbranched alkanes of at least 4 members (excludes halogenated alkanes) is 30. The van der Waals surface area contributed by atoms with E-state index in [1.165, 1.54) is 135 Å². The summed E-state index contributed by atoms with van der Waals surface area (Å²) in [6.45, 7) is 6.29. The van der Waals surface area contributed by atoms with Crippen molar-refractivity contribution in [1.29, 1.82) is 0 Å². The molecule has 1 heterocycles. The average molecular weight is 807 g/mol. The summed E-state index contributed by atoms with van der Waals surface area (Å²) < 4.78 is 22.1. The molecule has 0 N–H and O–H groups in total. The number of carbonyl (C=O) groups is 5. The fraction of sp³-hybridized carbons (Fsp3) is 0.896. The molecule has 332 valence electrons. The SMILES string of the molecule is CCCCCCCCCCCCCC(=O)OC[C@H](OC(=O)CCCCCCCCCCCCC)[C@H]1OC(=O)C(=O)C1OC(=O)CCCCCCCCCCCCC. The zero-order valence-corrected chi connectivity index (χ0v) is 37.1. The first-order valence-corrected chi connectivity index (χ1v) is 24.1. The van der Waals surface area contributed by atoms with Gasteiger partial charge in [0.25, 0.3) is 5.78 Å². The predicted octanol–water partition coefficient (Wildman–Crippen LogP) is 13.0. The Morgan fingerprint density at radius 3 is 1.14 bits per heavy atom. The molecule has 1 aliphatic rings. The molecule has 0 spiro atoms. The summed E-state index contributed by atoms with van der Waals surface area (Å²) in [5.74, 6) is -3.72. The maximum atomic E-state index is 13.0. The van der Waals surface area contributed by atoms with Crippen molar-refractivity contribution in [3.8, 4) is 0 Å². The van der Waals surface area contributed by atoms with E-state index in [1.807, 2.05) is 0 Å². The van der Waals surface area contributed by atoms with Gasteiger partial charge in [0, 0.05) is 19.3 Å². The summed E-state index contributed by atoms with van der Waals surface area (Å²) >= 11 is 0. The zero-order chi connectivity index (χ0) is 41.6. The van der Waals surface area contributed by atoms with Crippen LogP contribution in [0.5, 0.6) is 0 Å². The third-order valence-corrected chi connectivity index (χ3v) is 11.3. The Morgan fingerprint density at radius 2 is 0.772 bits per heavy atom. The van der Waals surface area contributed by atoms with Gasteiger partial charge >= 0.3 is 23.9 Å². The molecule has 1 saturated heterocycles. The molecule has 0 aromatic carbocycles. The summed E-state index contributed by atoms with van der Waals surface area (Å²) in [7, 11) is 0. The summed E-state index contributed by atoms with van der Waals surface area (Å²) in [6, 6.07) is 0. The number of Topliss-reactive ketones (excluding diaryl/α,β-unsaturated/α-hetero) is 1. The Morgan fingerprint density at radius 1 is 0.456 bits per heavy atom. The molecule has 1 aliphatic heterocycles. The monoisotopic (exact) mass is 807 g/mol. The van der Waals surface area contributed by atoms with Crippen molar-refractivity contribution in [3.05, 3.63) is 0 Å². The van der Waals surface area contributed by atoms with Crippen LogP contribution in [-0.4, -0.2) is 54.6 Å². The number of esters is 4. The van der Waals surface area contributed by atoms with Gasteiger partial charge in [-0.2, -0.15) is 0 Å². The highest BCUT2D eigenvalue weighted by atomic mass is 16.6. The van der Waals surface area contributed by atoms with Crippen LogP contribution in [0.3, 0.4) is 0 Å². The minimum absolute atomic E-state index is 0.110. The van der Waals surface area contributed by atoms with Crippen molar-refractivity contribution < 1.29 is 42.9 Å². The maximum absolute atomic E-state index is 13.0. The van der Waals surface area contributed by atoms with Crippen LogP contribution in [0.15, 0.2) is 0 Å². The number of rotatable bonds is 41. The number of ketones is 1. The standard InChI is InChI=1S/C48H86O9/c1-4-7-10-13-16-19-22-25-28-31-34-37-42(49)54-40-41(55-43(50)38-35-32-29-26-23-20-17-14-11-8-5-2)46-47(45(52)48(53)57-46)56-44(51)39-36-33-30-27-24-21-18-15-12-9-6-3/h41,46-47H,4-40H2,1-3H3/t41-,46+,47?/m0/s1. The van der Waals surface area contributed by atoms with Crippen LogP contribution in [0.4, 0.5) is 0 Å². The lowest BCUT2D eigenvalue weighted by molar-refractivity contribution is -0.178. The van der Waals surface area contributed by atoms with Crippen LogP contribution in [0.25, 0.3) is 0 Å². The summed E-state index contributed by atoms with van der Waals surface area (Å²) in [5, 5.41) is 0. The molecule has 0 aromatic rings. The van der Waals surface area contributed by atoms with Crippen molar-refractivity contribution in [2.75, 3.05) is 6.61 Å². The number of hydrogen-bond donors (Lipinski definition) is 0. The van der Waals surface area contributed by atoms with Gasteiger partial charge in [-0.1, -0.05) is 213 Å². The summed E-state index contributed by atoms with van der Waals surface area (Å²) in [6.07, 6.45) is 34.2. The van der Waals surface area contributed by atoms with E-state index in [1.54, 1.807) is 0 Å². The van der Waals surface area contributed by atoms with Gasteiger partial charge in [0.1, 0.15) is 6.61 Å². The predicted molar refractivity (Wildman–Crippen MR) is 229 cm³/mol. The highest BCUT2D eigenvalue weighted by molar-refractivity contribution is 6.37. The normalized spacial score (nSPS) is 15.8. The van der Waals surface area contributed by atoms with Gasteiger partial charge in [0.15, 0.2) is 12.2 Å². The second-order valence-corrected chi connectivity index (χ2v) is 16.7. The molecule has 9 nitrogen and oxygen atoms in total. The molecular weight excluding hydrogens is 721 g/mol. The van der Waals surface area contributed by atoms with E-state index in [2.05, 4.69) is 20.8 Å². The Hall–Kier alpha value is -2.45. The molecule has 0 bridgehead atoms. The molecule has 0 radical (unpaired) electrons. The van der Waals surface area contributed by atoms with Crippen LogP contribution < -0.4 is 0 Å². The van der Waals surface area contributed by atoms with Crippen molar-refractivity contribution in [3.63, 3.8) is 0 Å². The first-order chi connectivity index (χ1) is 27.8. The minimum Gasteiger partial charge on any atom is -0.462 e. The molecule has 9 heteroatoms. The third kappa shape index (κ3) is 29.4. The van der Waals surface area contributed by atoms with Crippen molar-refractivity contribution in [2.24, 2.45) is 0 Å². The van der Waals surface area contributed by atoms with Crippen molar-refractivity contribution >= 4 is 29.7 Å². The third-order valence-electron chi connectivity index (χ3n) is 11.3. The van der Waals surface area contributed by atoms with Crippen LogP contribution in [0.1, 0.15) is 252 Å². The Bertz CT molecular complexity index is 1030. The average Bonchev–Trinajstić information content (AvgIpc) is 3.47. The smallest absolute Gasteiger partial charge is 0.379 e. The molecule has 57 heavy (non-hydrogen) atoms. The van der Waals surface area contributed by atoms with Gasteiger partial charge in [0.2, 0.25) is 6.10 Å². The van der Waals surface area contributed by atoms with E-state index in [0.29, 0.717) is 19.3 Å². The Balaban J connectivity index is 2.60. The van der Waals surface area contributed by atoms with Gasteiger partial charge < -0.3 is 18.9 Å². The largest absolute Gasteiger partial charge is 0.462 e. The van der Waals surface area contributed by atoms with E-state index in [4.69, 9.17) is 18.9 Å². The zero-order valence-electron chi connectivity index (χ0n) is 37.1. The van der Waals surface area contributed by atoms with Gasteiger partial charge in [0.05, 0.1) is 0 Å². The second kappa shape index (κ2) is 37.8. The van der Waals surface area contributed by atoms with E-state index in [9.17, 15) is 24.0 Å². The number of cyclic esters (lactones) is 1. The highest BCUT2D eigenvalue weighted by Crippen LogP contribution is 2.24. The van der Waals surface area contributed by atoms with E-state index in [0.717, 1.165) is 57.8 Å². The number of ether oxygens (including phenoxy) is 4. The van der Waals surface area contributed by atoms with Crippen LogP contribution in [0.2, 0.25) is 0 Å². The molecule has 0 saturated carbocycles. The van der Waals surface area contributed by atoms with E-state index >= 15 is 0 Å².